The van der Waals surface area contributed by atoms with Gasteiger partial charge < -0.3 is 4.42 Å². The lowest BCUT2D eigenvalue weighted by atomic mass is 10.2. The second kappa shape index (κ2) is 4.42. The Hall–Kier alpha value is -1.68. The summed E-state index contributed by atoms with van der Waals surface area (Å²) >= 11 is 3.47. The number of nitrogens with zero attached hydrogens (tertiary/aromatic N) is 2. The van der Waals surface area contributed by atoms with Crippen LogP contribution in [0.5, 0.6) is 0 Å². The molecule has 0 amide bonds. The van der Waals surface area contributed by atoms with Gasteiger partial charge in [0.05, 0.1) is 0 Å². The Labute approximate surface area is 125 Å². The maximum Gasteiger partial charge on any atom is 0.153 e. The van der Waals surface area contributed by atoms with Crippen LogP contribution >= 0.6 is 15.9 Å². The van der Waals surface area contributed by atoms with Crippen molar-refractivity contribution in [1.82, 2.24) is 9.97 Å². The molecule has 0 bridgehead atoms. The third kappa shape index (κ3) is 2.04. The SMILES string of the molecule is Cc1cccc2cc(-c3cc(Br)nc(C4CC4)n3)oc12. The number of hydrogen-bond acceptors (Lipinski definition) is 3. The van der Waals surface area contributed by atoms with E-state index in [1.54, 1.807) is 0 Å². The molecule has 0 aliphatic heterocycles. The first-order valence-electron chi connectivity index (χ1n) is 6.75. The molecule has 0 radical (unpaired) electrons. The fraction of sp³-hybridized carbons (Fsp3) is 0.250. The van der Waals surface area contributed by atoms with Crippen LogP contribution in [0.15, 0.2) is 39.4 Å². The quantitative estimate of drug-likeness (QED) is 0.632. The number of aryl methyl sites for hydroxylation is 1. The molecule has 3 nitrogen and oxygen atoms in total. The molecule has 1 aliphatic carbocycles. The Kier molecular flexibility index (Phi) is 2.67. The number of para-hydroxylation sites is 1. The van der Waals surface area contributed by atoms with Gasteiger partial charge in [-0.3, -0.25) is 0 Å². The van der Waals surface area contributed by atoms with Crippen LogP contribution in [0.4, 0.5) is 0 Å². The highest BCUT2D eigenvalue weighted by Gasteiger charge is 2.27. The molecule has 0 spiro atoms. The van der Waals surface area contributed by atoms with E-state index in [1.807, 2.05) is 18.2 Å². The predicted molar refractivity (Wildman–Crippen MR) is 81.7 cm³/mol. The van der Waals surface area contributed by atoms with Crippen molar-refractivity contribution in [3.05, 3.63) is 46.3 Å². The van der Waals surface area contributed by atoms with Gasteiger partial charge in [0.2, 0.25) is 0 Å². The number of rotatable bonds is 2. The van der Waals surface area contributed by atoms with Crippen molar-refractivity contribution in [1.29, 1.82) is 0 Å². The molecule has 1 fully saturated rings. The summed E-state index contributed by atoms with van der Waals surface area (Å²) in [5.74, 6) is 2.25. The molecule has 0 unspecified atom stereocenters. The van der Waals surface area contributed by atoms with Crippen LogP contribution in [0, 0.1) is 6.92 Å². The van der Waals surface area contributed by atoms with Crippen LogP contribution < -0.4 is 0 Å². The fourth-order valence-corrected chi connectivity index (χ4v) is 2.82. The second-order valence-corrected chi connectivity index (χ2v) is 6.12. The largest absolute Gasteiger partial charge is 0.454 e. The van der Waals surface area contributed by atoms with E-state index in [0.29, 0.717) is 5.92 Å². The van der Waals surface area contributed by atoms with E-state index in [-0.39, 0.29) is 0 Å². The molecule has 1 aliphatic rings. The minimum atomic E-state index is 0.525. The average molecular weight is 329 g/mol. The van der Waals surface area contributed by atoms with Gasteiger partial charge in [-0.2, -0.15) is 0 Å². The molecule has 3 aromatic rings. The highest BCUT2D eigenvalue weighted by atomic mass is 79.9. The summed E-state index contributed by atoms with van der Waals surface area (Å²) in [4.78, 5) is 9.11. The smallest absolute Gasteiger partial charge is 0.153 e. The molecule has 2 aromatic heterocycles. The molecule has 0 N–H and O–H groups in total. The van der Waals surface area contributed by atoms with Gasteiger partial charge in [0.25, 0.3) is 0 Å². The van der Waals surface area contributed by atoms with Crippen LogP contribution in [-0.4, -0.2) is 9.97 Å². The number of halogens is 1. The van der Waals surface area contributed by atoms with Crippen molar-refractivity contribution < 1.29 is 4.42 Å². The van der Waals surface area contributed by atoms with Crippen LogP contribution in [-0.2, 0) is 0 Å². The molecule has 0 saturated heterocycles. The molecule has 4 heteroatoms. The molecular weight excluding hydrogens is 316 g/mol. The number of furan rings is 1. The van der Waals surface area contributed by atoms with Crippen molar-refractivity contribution in [3.63, 3.8) is 0 Å². The van der Waals surface area contributed by atoms with Gasteiger partial charge in [0.1, 0.15) is 21.7 Å². The Morgan fingerprint density at radius 3 is 2.80 bits per heavy atom. The van der Waals surface area contributed by atoms with E-state index >= 15 is 0 Å². The number of fused-ring (bicyclic) bond motifs is 1. The zero-order valence-corrected chi connectivity index (χ0v) is 12.6. The lowest BCUT2D eigenvalue weighted by Gasteiger charge is -2.01. The summed E-state index contributed by atoms with van der Waals surface area (Å²) in [6.45, 7) is 2.06. The number of aromatic nitrogens is 2. The van der Waals surface area contributed by atoms with Crippen molar-refractivity contribution >= 4 is 26.9 Å². The van der Waals surface area contributed by atoms with Crippen molar-refractivity contribution in [2.24, 2.45) is 0 Å². The maximum atomic E-state index is 5.98. The standard InChI is InChI=1S/C16H13BrN2O/c1-9-3-2-4-11-7-13(20-15(9)11)12-8-14(17)19-16(18-12)10-5-6-10/h2-4,7-8,10H,5-6H2,1H3. The average Bonchev–Trinajstić information content (AvgIpc) is 3.18. The van der Waals surface area contributed by atoms with Crippen LogP contribution in [0.2, 0.25) is 0 Å². The van der Waals surface area contributed by atoms with Gasteiger partial charge in [0, 0.05) is 17.4 Å². The molecule has 4 rings (SSSR count). The van der Waals surface area contributed by atoms with Gasteiger partial charge in [-0.05, 0) is 47.3 Å². The normalized spacial score (nSPS) is 14.9. The summed E-state index contributed by atoms with van der Waals surface area (Å²) < 4.78 is 6.80. The van der Waals surface area contributed by atoms with Crippen LogP contribution in [0.1, 0.15) is 30.1 Å². The number of benzene rings is 1. The minimum Gasteiger partial charge on any atom is -0.454 e. The lowest BCUT2D eigenvalue weighted by molar-refractivity contribution is 0.624. The summed E-state index contributed by atoms with van der Waals surface area (Å²) in [6, 6.07) is 10.1. The minimum absolute atomic E-state index is 0.525. The Morgan fingerprint density at radius 2 is 2.05 bits per heavy atom. The van der Waals surface area contributed by atoms with E-state index in [2.05, 4.69) is 45.0 Å². The third-order valence-electron chi connectivity index (χ3n) is 3.65. The van der Waals surface area contributed by atoms with Gasteiger partial charge in [0.15, 0.2) is 5.76 Å². The Bertz CT molecular complexity index is 805. The van der Waals surface area contributed by atoms with Crippen molar-refractivity contribution in [3.8, 4) is 11.5 Å². The topological polar surface area (TPSA) is 38.9 Å². The molecule has 20 heavy (non-hydrogen) atoms. The van der Waals surface area contributed by atoms with E-state index in [4.69, 9.17) is 4.42 Å². The van der Waals surface area contributed by atoms with E-state index in [0.717, 1.165) is 38.4 Å². The molecule has 1 saturated carbocycles. The summed E-state index contributed by atoms with van der Waals surface area (Å²) in [6.07, 6.45) is 2.38. The van der Waals surface area contributed by atoms with Gasteiger partial charge in [-0.25, -0.2) is 9.97 Å². The first-order valence-corrected chi connectivity index (χ1v) is 7.54. The predicted octanol–water partition coefficient (Wildman–Crippen LogP) is 4.84. The number of hydrogen-bond donors (Lipinski definition) is 0. The Morgan fingerprint density at radius 1 is 1.20 bits per heavy atom. The van der Waals surface area contributed by atoms with Crippen molar-refractivity contribution in [2.75, 3.05) is 0 Å². The van der Waals surface area contributed by atoms with Gasteiger partial charge >= 0.3 is 0 Å². The van der Waals surface area contributed by atoms with E-state index in [9.17, 15) is 0 Å². The highest BCUT2D eigenvalue weighted by Crippen LogP contribution is 2.39. The van der Waals surface area contributed by atoms with Crippen LogP contribution in [0.25, 0.3) is 22.4 Å². The monoisotopic (exact) mass is 328 g/mol. The zero-order chi connectivity index (χ0) is 13.7. The Balaban J connectivity index is 1.87. The molecule has 100 valence electrons. The third-order valence-corrected chi connectivity index (χ3v) is 4.05. The van der Waals surface area contributed by atoms with Gasteiger partial charge in [-0.15, -0.1) is 0 Å². The second-order valence-electron chi connectivity index (χ2n) is 5.31. The van der Waals surface area contributed by atoms with E-state index in [1.165, 1.54) is 12.8 Å². The first-order chi connectivity index (χ1) is 9.70. The first kappa shape index (κ1) is 12.1. The van der Waals surface area contributed by atoms with E-state index < -0.39 is 0 Å². The molecular formula is C16H13BrN2O. The summed E-state index contributed by atoms with van der Waals surface area (Å²) in [5.41, 5.74) is 2.93. The summed E-state index contributed by atoms with van der Waals surface area (Å²) in [7, 11) is 0. The lowest BCUT2D eigenvalue weighted by Crippen LogP contribution is -1.94. The summed E-state index contributed by atoms with van der Waals surface area (Å²) in [5, 5.41) is 1.11. The van der Waals surface area contributed by atoms with Gasteiger partial charge in [-0.1, -0.05) is 18.2 Å². The molecule has 2 heterocycles. The maximum absolute atomic E-state index is 5.98. The molecule has 0 atom stereocenters. The van der Waals surface area contributed by atoms with Crippen molar-refractivity contribution in [2.45, 2.75) is 25.7 Å². The fourth-order valence-electron chi connectivity index (χ4n) is 2.42. The highest BCUT2D eigenvalue weighted by molar-refractivity contribution is 9.10. The molecule has 1 aromatic carbocycles. The zero-order valence-electron chi connectivity index (χ0n) is 11.1. The van der Waals surface area contributed by atoms with Crippen LogP contribution in [0.3, 0.4) is 0 Å².